The molecule has 3 amide bonds. The van der Waals surface area contributed by atoms with E-state index in [0.717, 1.165) is 13.0 Å². The third-order valence-electron chi connectivity index (χ3n) is 3.75. The molecule has 0 saturated heterocycles. The Balaban J connectivity index is 1.95. The molecule has 1 aromatic carbocycles. The second kappa shape index (κ2) is 10.2. The summed E-state index contributed by atoms with van der Waals surface area (Å²) >= 11 is 0. The Labute approximate surface area is 164 Å². The highest BCUT2D eigenvalue weighted by atomic mass is 16.2. The summed E-state index contributed by atoms with van der Waals surface area (Å²) in [4.78, 5) is 41.8. The van der Waals surface area contributed by atoms with Crippen LogP contribution in [-0.4, -0.2) is 54.8 Å². The van der Waals surface area contributed by atoms with E-state index in [0.29, 0.717) is 17.9 Å². The standard InChI is InChI=1S/C20H25N5O3/c1-14(26)22-15-8-10-16(11-9-15)23-20(28)18-7-4-6-17(24-18)19(27)21-12-5-13-25(2)3/h4,6-11H,5,12-13H2,1-3H3,(H,21,27)(H,22,26)(H,23,28). The Morgan fingerprint density at radius 3 is 2.04 bits per heavy atom. The van der Waals surface area contributed by atoms with Crippen LogP contribution in [0.1, 0.15) is 34.3 Å². The number of carbonyl (C=O) groups is 3. The number of aromatic nitrogens is 1. The fourth-order valence-electron chi connectivity index (χ4n) is 2.41. The summed E-state index contributed by atoms with van der Waals surface area (Å²) in [5.41, 5.74) is 1.53. The van der Waals surface area contributed by atoms with Crippen molar-refractivity contribution < 1.29 is 14.4 Å². The molecule has 0 aliphatic carbocycles. The monoisotopic (exact) mass is 383 g/mol. The fourth-order valence-corrected chi connectivity index (χ4v) is 2.41. The number of rotatable bonds is 8. The van der Waals surface area contributed by atoms with Crippen LogP contribution in [0.4, 0.5) is 11.4 Å². The van der Waals surface area contributed by atoms with Gasteiger partial charge < -0.3 is 20.9 Å². The highest BCUT2D eigenvalue weighted by molar-refractivity contribution is 6.04. The van der Waals surface area contributed by atoms with Gasteiger partial charge in [-0.1, -0.05) is 6.07 Å². The maximum absolute atomic E-state index is 12.4. The zero-order valence-corrected chi connectivity index (χ0v) is 16.3. The van der Waals surface area contributed by atoms with E-state index in [4.69, 9.17) is 0 Å². The van der Waals surface area contributed by atoms with Gasteiger partial charge in [-0.3, -0.25) is 14.4 Å². The maximum atomic E-state index is 12.4. The first-order chi connectivity index (χ1) is 13.3. The lowest BCUT2D eigenvalue weighted by Gasteiger charge is -2.10. The van der Waals surface area contributed by atoms with Crippen LogP contribution in [0.5, 0.6) is 0 Å². The van der Waals surface area contributed by atoms with Crippen molar-refractivity contribution in [1.82, 2.24) is 15.2 Å². The number of pyridine rings is 1. The van der Waals surface area contributed by atoms with Crippen molar-refractivity contribution in [2.75, 3.05) is 37.8 Å². The summed E-state index contributed by atoms with van der Waals surface area (Å²) in [6, 6.07) is 11.4. The molecule has 8 nitrogen and oxygen atoms in total. The number of amides is 3. The molecule has 28 heavy (non-hydrogen) atoms. The van der Waals surface area contributed by atoms with Crippen LogP contribution >= 0.6 is 0 Å². The van der Waals surface area contributed by atoms with Crippen molar-refractivity contribution in [3.63, 3.8) is 0 Å². The topological polar surface area (TPSA) is 103 Å². The van der Waals surface area contributed by atoms with Crippen LogP contribution in [0.15, 0.2) is 42.5 Å². The maximum Gasteiger partial charge on any atom is 0.274 e. The van der Waals surface area contributed by atoms with Crippen LogP contribution in [0.3, 0.4) is 0 Å². The SMILES string of the molecule is CC(=O)Nc1ccc(NC(=O)c2cccc(C(=O)NCCCN(C)C)n2)cc1. The highest BCUT2D eigenvalue weighted by Crippen LogP contribution is 2.14. The third-order valence-corrected chi connectivity index (χ3v) is 3.75. The van der Waals surface area contributed by atoms with E-state index in [1.807, 2.05) is 19.0 Å². The van der Waals surface area contributed by atoms with Gasteiger partial charge in [0.1, 0.15) is 11.4 Å². The lowest BCUT2D eigenvalue weighted by Crippen LogP contribution is -2.28. The highest BCUT2D eigenvalue weighted by Gasteiger charge is 2.12. The van der Waals surface area contributed by atoms with Crippen LogP contribution in [0, 0.1) is 0 Å². The molecule has 0 radical (unpaired) electrons. The molecule has 3 N–H and O–H groups in total. The smallest absolute Gasteiger partial charge is 0.274 e. The molecule has 2 aromatic rings. The first-order valence-electron chi connectivity index (χ1n) is 8.94. The number of anilines is 2. The van der Waals surface area contributed by atoms with Crippen LogP contribution in [-0.2, 0) is 4.79 Å². The van der Waals surface area contributed by atoms with Crippen molar-refractivity contribution in [3.8, 4) is 0 Å². The molecule has 0 aliphatic heterocycles. The van der Waals surface area contributed by atoms with E-state index in [-0.39, 0.29) is 23.2 Å². The minimum atomic E-state index is -0.422. The zero-order chi connectivity index (χ0) is 20.5. The summed E-state index contributed by atoms with van der Waals surface area (Å²) < 4.78 is 0. The molecular weight excluding hydrogens is 358 g/mol. The summed E-state index contributed by atoms with van der Waals surface area (Å²) in [7, 11) is 3.94. The van der Waals surface area contributed by atoms with E-state index in [2.05, 4.69) is 20.9 Å². The first kappa shape index (κ1) is 21.0. The van der Waals surface area contributed by atoms with Gasteiger partial charge in [0.15, 0.2) is 0 Å². The van der Waals surface area contributed by atoms with E-state index in [1.54, 1.807) is 42.5 Å². The van der Waals surface area contributed by atoms with Gasteiger partial charge in [-0.15, -0.1) is 0 Å². The molecule has 0 saturated carbocycles. The Bertz CT molecular complexity index is 834. The van der Waals surface area contributed by atoms with Gasteiger partial charge >= 0.3 is 0 Å². The summed E-state index contributed by atoms with van der Waals surface area (Å²) in [5, 5.41) is 8.17. The van der Waals surface area contributed by atoms with Gasteiger partial charge in [0, 0.05) is 24.8 Å². The van der Waals surface area contributed by atoms with E-state index >= 15 is 0 Å². The number of nitrogens with one attached hydrogen (secondary N) is 3. The van der Waals surface area contributed by atoms with Gasteiger partial charge in [-0.2, -0.15) is 0 Å². The van der Waals surface area contributed by atoms with E-state index in [9.17, 15) is 14.4 Å². The van der Waals surface area contributed by atoms with Gasteiger partial charge in [-0.25, -0.2) is 4.98 Å². The normalized spacial score (nSPS) is 10.4. The quantitative estimate of drug-likeness (QED) is 0.605. The minimum absolute atomic E-state index is 0.145. The van der Waals surface area contributed by atoms with Crippen molar-refractivity contribution in [3.05, 3.63) is 53.9 Å². The summed E-state index contributed by atoms with van der Waals surface area (Å²) in [6.07, 6.45) is 0.827. The molecule has 1 heterocycles. The molecule has 1 aromatic heterocycles. The summed E-state index contributed by atoms with van der Waals surface area (Å²) in [6.45, 7) is 2.83. The van der Waals surface area contributed by atoms with Crippen LogP contribution in [0.2, 0.25) is 0 Å². The molecular formula is C20H25N5O3. The minimum Gasteiger partial charge on any atom is -0.351 e. The lowest BCUT2D eigenvalue weighted by atomic mass is 10.2. The predicted molar refractivity (Wildman–Crippen MR) is 108 cm³/mol. The molecule has 8 heteroatoms. The Morgan fingerprint density at radius 2 is 1.46 bits per heavy atom. The number of nitrogens with zero attached hydrogens (tertiary/aromatic N) is 2. The molecule has 0 atom stereocenters. The number of hydrogen-bond acceptors (Lipinski definition) is 5. The average molecular weight is 383 g/mol. The lowest BCUT2D eigenvalue weighted by molar-refractivity contribution is -0.114. The molecule has 0 aliphatic rings. The second-order valence-electron chi connectivity index (χ2n) is 6.53. The molecule has 0 unspecified atom stereocenters. The molecule has 0 fully saturated rings. The average Bonchev–Trinajstić information content (AvgIpc) is 2.66. The van der Waals surface area contributed by atoms with E-state index in [1.165, 1.54) is 6.92 Å². The van der Waals surface area contributed by atoms with Crippen LogP contribution < -0.4 is 16.0 Å². The van der Waals surface area contributed by atoms with Crippen molar-refractivity contribution in [2.24, 2.45) is 0 Å². The second-order valence-corrected chi connectivity index (χ2v) is 6.53. The Kier molecular flexibility index (Phi) is 7.65. The molecule has 0 bridgehead atoms. The Morgan fingerprint density at radius 1 is 0.893 bits per heavy atom. The van der Waals surface area contributed by atoms with Crippen molar-refractivity contribution in [1.29, 1.82) is 0 Å². The summed E-state index contributed by atoms with van der Waals surface area (Å²) in [5.74, 6) is -0.902. The zero-order valence-electron chi connectivity index (χ0n) is 16.3. The van der Waals surface area contributed by atoms with E-state index < -0.39 is 5.91 Å². The Hall–Kier alpha value is -3.26. The molecule has 2 rings (SSSR count). The first-order valence-corrected chi connectivity index (χ1v) is 8.94. The van der Waals surface area contributed by atoms with Crippen molar-refractivity contribution in [2.45, 2.75) is 13.3 Å². The number of hydrogen-bond donors (Lipinski definition) is 3. The van der Waals surface area contributed by atoms with Gasteiger partial charge in [0.25, 0.3) is 11.8 Å². The van der Waals surface area contributed by atoms with Gasteiger partial charge in [0.05, 0.1) is 0 Å². The van der Waals surface area contributed by atoms with Crippen LogP contribution in [0.25, 0.3) is 0 Å². The fraction of sp³-hybridized carbons (Fsp3) is 0.300. The predicted octanol–water partition coefficient (Wildman–Crippen LogP) is 1.97. The molecule has 0 spiro atoms. The number of benzene rings is 1. The molecule has 148 valence electrons. The number of carbonyl (C=O) groups excluding carboxylic acids is 3. The van der Waals surface area contributed by atoms with Gasteiger partial charge in [0.2, 0.25) is 5.91 Å². The van der Waals surface area contributed by atoms with Crippen molar-refractivity contribution >= 4 is 29.1 Å². The third kappa shape index (κ3) is 6.81. The van der Waals surface area contributed by atoms with Gasteiger partial charge in [-0.05, 0) is 63.5 Å². The largest absolute Gasteiger partial charge is 0.351 e.